The highest BCUT2D eigenvalue weighted by molar-refractivity contribution is 6.30. The molecule has 7 heteroatoms. The van der Waals surface area contributed by atoms with E-state index in [1.165, 1.54) is 12.1 Å². The summed E-state index contributed by atoms with van der Waals surface area (Å²) in [7, 11) is 0. The number of carbonyl (C=O) groups excluding carboxylic acids is 1. The first kappa shape index (κ1) is 14.2. The van der Waals surface area contributed by atoms with Crippen LogP contribution in [-0.4, -0.2) is 23.9 Å². The van der Waals surface area contributed by atoms with Gasteiger partial charge >= 0.3 is 0 Å². The minimum absolute atomic E-state index is 0.0957. The van der Waals surface area contributed by atoms with Crippen molar-refractivity contribution in [3.8, 4) is 0 Å². The molecule has 1 amide bonds. The van der Waals surface area contributed by atoms with E-state index in [0.717, 1.165) is 0 Å². The van der Waals surface area contributed by atoms with Crippen molar-refractivity contribution in [2.24, 2.45) is 0 Å². The van der Waals surface area contributed by atoms with Gasteiger partial charge in [-0.2, -0.15) is 0 Å². The molecule has 0 fully saturated rings. The molecule has 0 radical (unpaired) electrons. The van der Waals surface area contributed by atoms with Gasteiger partial charge in [0.1, 0.15) is 5.69 Å². The highest BCUT2D eigenvalue weighted by Crippen LogP contribution is 2.27. The second kappa shape index (κ2) is 6.80. The van der Waals surface area contributed by atoms with Crippen molar-refractivity contribution >= 4 is 28.9 Å². The third-order valence-electron chi connectivity index (χ3n) is 2.20. The van der Waals surface area contributed by atoms with Crippen LogP contribution in [0.1, 0.15) is 13.3 Å². The van der Waals surface area contributed by atoms with Gasteiger partial charge in [-0.05, 0) is 19.1 Å². The predicted octanol–water partition coefficient (Wildman–Crippen LogP) is 2.19. The summed E-state index contributed by atoms with van der Waals surface area (Å²) in [5.74, 6) is -0.0957. The molecule has 0 atom stereocenters. The van der Waals surface area contributed by atoms with Crippen LogP contribution >= 0.6 is 11.6 Å². The average molecular weight is 272 g/mol. The van der Waals surface area contributed by atoms with Gasteiger partial charge in [-0.3, -0.25) is 14.9 Å². The summed E-state index contributed by atoms with van der Waals surface area (Å²) in [6.07, 6.45) is 0.258. The van der Waals surface area contributed by atoms with Crippen molar-refractivity contribution in [3.63, 3.8) is 0 Å². The van der Waals surface area contributed by atoms with E-state index in [4.69, 9.17) is 11.6 Å². The van der Waals surface area contributed by atoms with Crippen LogP contribution in [0.5, 0.6) is 0 Å². The van der Waals surface area contributed by atoms with Crippen LogP contribution < -0.4 is 10.6 Å². The van der Waals surface area contributed by atoms with Crippen LogP contribution in [0, 0.1) is 10.1 Å². The molecule has 1 aromatic carbocycles. The molecule has 0 aliphatic heterocycles. The summed E-state index contributed by atoms with van der Waals surface area (Å²) in [5, 5.41) is 16.6. The van der Waals surface area contributed by atoms with Gasteiger partial charge in [-0.1, -0.05) is 11.6 Å². The average Bonchev–Trinajstić information content (AvgIpc) is 2.31. The fourth-order valence-electron chi connectivity index (χ4n) is 1.40. The number of hydrogen-bond acceptors (Lipinski definition) is 4. The number of rotatable bonds is 6. The van der Waals surface area contributed by atoms with Crippen LogP contribution in [0.3, 0.4) is 0 Å². The SMILES string of the molecule is CCNC(=O)CCNc1ccc(Cl)cc1[N+](=O)[O-]. The van der Waals surface area contributed by atoms with Crippen LogP contribution in [0.2, 0.25) is 5.02 Å². The maximum atomic E-state index is 11.2. The molecular formula is C11H14ClN3O3. The number of amides is 1. The molecule has 0 saturated carbocycles. The number of nitro groups is 1. The van der Waals surface area contributed by atoms with E-state index in [0.29, 0.717) is 23.8 Å². The molecule has 6 nitrogen and oxygen atoms in total. The molecule has 0 heterocycles. The molecular weight excluding hydrogens is 258 g/mol. The molecule has 0 aliphatic carbocycles. The Labute approximate surface area is 109 Å². The van der Waals surface area contributed by atoms with Gasteiger partial charge < -0.3 is 10.6 Å². The number of nitrogens with one attached hydrogen (secondary N) is 2. The Balaban J connectivity index is 2.62. The Morgan fingerprint density at radius 1 is 1.50 bits per heavy atom. The molecule has 2 N–H and O–H groups in total. The first-order valence-corrected chi connectivity index (χ1v) is 5.87. The molecule has 1 aromatic rings. The highest BCUT2D eigenvalue weighted by atomic mass is 35.5. The zero-order valence-corrected chi connectivity index (χ0v) is 10.7. The summed E-state index contributed by atoms with van der Waals surface area (Å²) < 4.78 is 0. The molecule has 0 bridgehead atoms. The molecule has 0 unspecified atom stereocenters. The Morgan fingerprint density at radius 3 is 2.83 bits per heavy atom. The van der Waals surface area contributed by atoms with Gasteiger partial charge in [-0.15, -0.1) is 0 Å². The second-order valence-corrected chi connectivity index (χ2v) is 3.99. The summed E-state index contributed by atoms with van der Waals surface area (Å²) in [6.45, 7) is 2.73. The van der Waals surface area contributed by atoms with Crippen LogP contribution in [-0.2, 0) is 4.79 Å². The normalized spacial score (nSPS) is 9.89. The van der Waals surface area contributed by atoms with E-state index < -0.39 is 4.92 Å². The van der Waals surface area contributed by atoms with Crippen LogP contribution in [0.4, 0.5) is 11.4 Å². The zero-order valence-electron chi connectivity index (χ0n) is 9.90. The third kappa shape index (κ3) is 4.21. The topological polar surface area (TPSA) is 84.3 Å². The molecule has 18 heavy (non-hydrogen) atoms. The number of benzene rings is 1. The lowest BCUT2D eigenvalue weighted by molar-refractivity contribution is -0.383. The lowest BCUT2D eigenvalue weighted by Gasteiger charge is -2.07. The van der Waals surface area contributed by atoms with Crippen molar-refractivity contribution in [2.75, 3.05) is 18.4 Å². The predicted molar refractivity (Wildman–Crippen MR) is 69.9 cm³/mol. The van der Waals surface area contributed by atoms with E-state index in [1.807, 2.05) is 6.92 Å². The maximum Gasteiger partial charge on any atom is 0.293 e. The van der Waals surface area contributed by atoms with Gasteiger partial charge in [0, 0.05) is 30.6 Å². The van der Waals surface area contributed by atoms with Gasteiger partial charge in [0.05, 0.1) is 4.92 Å². The first-order chi connectivity index (χ1) is 8.54. The van der Waals surface area contributed by atoms with Crippen molar-refractivity contribution in [1.82, 2.24) is 5.32 Å². The first-order valence-electron chi connectivity index (χ1n) is 5.49. The van der Waals surface area contributed by atoms with E-state index in [2.05, 4.69) is 10.6 Å². The quantitative estimate of drug-likeness (QED) is 0.613. The van der Waals surface area contributed by atoms with Gasteiger partial charge in [0.2, 0.25) is 5.91 Å². The highest BCUT2D eigenvalue weighted by Gasteiger charge is 2.13. The fraction of sp³-hybridized carbons (Fsp3) is 0.364. The Kier molecular flexibility index (Phi) is 5.38. The minimum Gasteiger partial charge on any atom is -0.379 e. The van der Waals surface area contributed by atoms with Crippen molar-refractivity contribution in [3.05, 3.63) is 33.3 Å². The number of nitro benzene ring substituents is 1. The molecule has 0 spiro atoms. The molecule has 0 saturated heterocycles. The third-order valence-corrected chi connectivity index (χ3v) is 2.43. The summed E-state index contributed by atoms with van der Waals surface area (Å²) in [5.41, 5.74) is 0.257. The smallest absolute Gasteiger partial charge is 0.293 e. The summed E-state index contributed by atoms with van der Waals surface area (Å²) in [6, 6.07) is 4.36. The lowest BCUT2D eigenvalue weighted by Crippen LogP contribution is -2.24. The summed E-state index contributed by atoms with van der Waals surface area (Å²) in [4.78, 5) is 21.5. The van der Waals surface area contributed by atoms with Crippen LogP contribution in [0.25, 0.3) is 0 Å². The van der Waals surface area contributed by atoms with Crippen molar-refractivity contribution in [2.45, 2.75) is 13.3 Å². The number of halogens is 1. The summed E-state index contributed by atoms with van der Waals surface area (Å²) >= 11 is 5.69. The van der Waals surface area contributed by atoms with Gasteiger partial charge in [0.15, 0.2) is 0 Å². The largest absolute Gasteiger partial charge is 0.379 e. The Hall–Kier alpha value is -1.82. The second-order valence-electron chi connectivity index (χ2n) is 3.55. The number of anilines is 1. The maximum absolute atomic E-state index is 11.2. The number of carbonyl (C=O) groups is 1. The fourth-order valence-corrected chi connectivity index (χ4v) is 1.57. The van der Waals surface area contributed by atoms with E-state index in [9.17, 15) is 14.9 Å². The standard InChI is InChI=1S/C11H14ClN3O3/c1-2-13-11(16)5-6-14-9-4-3-8(12)7-10(9)15(17)18/h3-4,7,14H,2,5-6H2,1H3,(H,13,16). The van der Waals surface area contributed by atoms with Gasteiger partial charge in [-0.25, -0.2) is 0 Å². The monoisotopic (exact) mass is 271 g/mol. The molecule has 0 aliphatic rings. The molecule has 98 valence electrons. The molecule has 0 aromatic heterocycles. The lowest BCUT2D eigenvalue weighted by atomic mass is 10.2. The Bertz CT molecular complexity index is 451. The van der Waals surface area contributed by atoms with E-state index in [-0.39, 0.29) is 18.0 Å². The zero-order chi connectivity index (χ0) is 13.5. The van der Waals surface area contributed by atoms with Gasteiger partial charge in [0.25, 0.3) is 5.69 Å². The molecule has 1 rings (SSSR count). The van der Waals surface area contributed by atoms with Crippen molar-refractivity contribution < 1.29 is 9.72 Å². The van der Waals surface area contributed by atoms with E-state index >= 15 is 0 Å². The minimum atomic E-state index is -0.514. The Morgan fingerprint density at radius 2 is 2.22 bits per heavy atom. The number of nitrogens with zero attached hydrogens (tertiary/aromatic N) is 1. The van der Waals surface area contributed by atoms with Crippen LogP contribution in [0.15, 0.2) is 18.2 Å². The number of hydrogen-bond donors (Lipinski definition) is 2. The van der Waals surface area contributed by atoms with E-state index in [1.54, 1.807) is 6.07 Å². The van der Waals surface area contributed by atoms with Crippen molar-refractivity contribution in [1.29, 1.82) is 0 Å².